The predicted molar refractivity (Wildman–Crippen MR) is 85.9 cm³/mol. The zero-order chi connectivity index (χ0) is 18.1. The molecular formula is C13H10ClN7O4. The molecule has 2 heterocycles. The Morgan fingerprint density at radius 1 is 1.36 bits per heavy atom. The number of ether oxygens (including phenoxy) is 1. The van der Waals surface area contributed by atoms with Crippen LogP contribution in [0.25, 0.3) is 5.65 Å². The van der Waals surface area contributed by atoms with Gasteiger partial charge in [-0.25, -0.2) is 4.79 Å². The van der Waals surface area contributed by atoms with Crippen molar-refractivity contribution in [2.24, 2.45) is 0 Å². The third-order valence-corrected chi connectivity index (χ3v) is 3.51. The minimum Gasteiger partial charge on any atom is -0.495 e. The van der Waals surface area contributed by atoms with Gasteiger partial charge in [0.2, 0.25) is 5.65 Å². The molecule has 0 saturated heterocycles. The summed E-state index contributed by atoms with van der Waals surface area (Å²) in [4.78, 5) is 23.8. The Morgan fingerprint density at radius 3 is 2.80 bits per heavy atom. The number of fused-ring (bicyclic) bond motifs is 1. The molecule has 0 saturated carbocycles. The Morgan fingerprint density at radius 2 is 2.12 bits per heavy atom. The van der Waals surface area contributed by atoms with Crippen molar-refractivity contribution in [3.05, 3.63) is 34.5 Å². The SMILES string of the molecule is COc1cc(NC(=O)c2cc(N)c3nnnn3n2)c(C(=O)O)cc1Cl. The molecular weight excluding hydrogens is 354 g/mol. The Kier molecular flexibility index (Phi) is 4.07. The maximum atomic E-state index is 12.4. The van der Waals surface area contributed by atoms with E-state index in [1.54, 1.807) is 0 Å². The molecule has 0 fully saturated rings. The molecule has 3 aromatic rings. The van der Waals surface area contributed by atoms with Gasteiger partial charge in [-0.15, -0.1) is 14.8 Å². The molecule has 0 aliphatic heterocycles. The monoisotopic (exact) mass is 363 g/mol. The van der Waals surface area contributed by atoms with Crippen LogP contribution in [0.4, 0.5) is 11.4 Å². The van der Waals surface area contributed by atoms with Crippen LogP contribution < -0.4 is 15.8 Å². The van der Waals surface area contributed by atoms with Crippen LogP contribution in [0, 0.1) is 0 Å². The first-order chi connectivity index (χ1) is 11.9. The van der Waals surface area contributed by atoms with Crippen molar-refractivity contribution >= 4 is 40.5 Å². The Balaban J connectivity index is 2.00. The third-order valence-electron chi connectivity index (χ3n) is 3.21. The number of tetrazole rings is 1. The van der Waals surface area contributed by atoms with E-state index >= 15 is 0 Å². The minimum atomic E-state index is -1.27. The molecule has 0 spiro atoms. The van der Waals surface area contributed by atoms with Crippen LogP contribution in [-0.4, -0.2) is 49.3 Å². The first kappa shape index (κ1) is 16.4. The van der Waals surface area contributed by atoms with Crippen molar-refractivity contribution in [3.8, 4) is 5.75 Å². The van der Waals surface area contributed by atoms with Gasteiger partial charge >= 0.3 is 5.97 Å². The number of methoxy groups -OCH3 is 1. The lowest BCUT2D eigenvalue weighted by atomic mass is 10.1. The van der Waals surface area contributed by atoms with E-state index < -0.39 is 11.9 Å². The fourth-order valence-corrected chi connectivity index (χ4v) is 2.29. The molecule has 1 aromatic carbocycles. The number of benzene rings is 1. The molecule has 3 rings (SSSR count). The molecule has 128 valence electrons. The van der Waals surface area contributed by atoms with Gasteiger partial charge in [0.1, 0.15) is 5.75 Å². The molecule has 12 heteroatoms. The molecule has 0 radical (unpaired) electrons. The van der Waals surface area contributed by atoms with E-state index in [-0.39, 0.29) is 39.1 Å². The largest absolute Gasteiger partial charge is 0.495 e. The maximum absolute atomic E-state index is 12.4. The number of aromatic nitrogens is 5. The smallest absolute Gasteiger partial charge is 0.337 e. The van der Waals surface area contributed by atoms with Crippen LogP contribution in [0.1, 0.15) is 20.8 Å². The molecule has 0 bridgehead atoms. The van der Waals surface area contributed by atoms with Crippen molar-refractivity contribution in [2.75, 3.05) is 18.2 Å². The Hall–Kier alpha value is -3.47. The number of carbonyl (C=O) groups excluding carboxylic acids is 1. The van der Waals surface area contributed by atoms with Gasteiger partial charge < -0.3 is 20.9 Å². The van der Waals surface area contributed by atoms with Gasteiger partial charge in [-0.2, -0.15) is 0 Å². The van der Waals surface area contributed by atoms with Gasteiger partial charge in [0.05, 0.1) is 29.1 Å². The molecule has 0 unspecified atom stereocenters. The number of aromatic carboxylic acids is 1. The average molecular weight is 364 g/mol. The summed E-state index contributed by atoms with van der Waals surface area (Å²) in [6, 6.07) is 3.74. The number of amides is 1. The first-order valence-electron chi connectivity index (χ1n) is 6.67. The zero-order valence-electron chi connectivity index (χ0n) is 12.6. The molecule has 25 heavy (non-hydrogen) atoms. The normalized spacial score (nSPS) is 10.6. The van der Waals surface area contributed by atoms with Crippen molar-refractivity contribution in [2.45, 2.75) is 0 Å². The summed E-state index contributed by atoms with van der Waals surface area (Å²) < 4.78 is 6.02. The fourth-order valence-electron chi connectivity index (χ4n) is 2.05. The highest BCUT2D eigenvalue weighted by atomic mass is 35.5. The van der Waals surface area contributed by atoms with Crippen molar-refractivity contribution in [3.63, 3.8) is 0 Å². The lowest BCUT2D eigenvalue weighted by Gasteiger charge is -2.11. The van der Waals surface area contributed by atoms with E-state index in [1.807, 2.05) is 0 Å². The third kappa shape index (κ3) is 2.99. The van der Waals surface area contributed by atoms with Crippen LogP contribution in [-0.2, 0) is 0 Å². The van der Waals surface area contributed by atoms with Crippen LogP contribution in [0.5, 0.6) is 5.75 Å². The topological polar surface area (TPSA) is 158 Å². The molecule has 1 amide bonds. The lowest BCUT2D eigenvalue weighted by molar-refractivity contribution is 0.0698. The molecule has 2 aromatic heterocycles. The van der Waals surface area contributed by atoms with Crippen molar-refractivity contribution in [1.82, 2.24) is 25.3 Å². The summed E-state index contributed by atoms with van der Waals surface area (Å²) in [5, 5.41) is 26.3. The van der Waals surface area contributed by atoms with Gasteiger partial charge in [-0.05, 0) is 22.6 Å². The van der Waals surface area contributed by atoms with Crippen molar-refractivity contribution < 1.29 is 19.4 Å². The molecule has 11 nitrogen and oxygen atoms in total. The van der Waals surface area contributed by atoms with Crippen LogP contribution >= 0.6 is 11.6 Å². The molecule has 0 aliphatic carbocycles. The zero-order valence-corrected chi connectivity index (χ0v) is 13.4. The second kappa shape index (κ2) is 6.20. The highest BCUT2D eigenvalue weighted by molar-refractivity contribution is 6.32. The number of rotatable bonds is 4. The average Bonchev–Trinajstić information content (AvgIpc) is 3.04. The number of carboxylic acid groups (broad SMARTS) is 1. The van der Waals surface area contributed by atoms with Gasteiger partial charge in [-0.1, -0.05) is 11.6 Å². The van der Waals surface area contributed by atoms with Gasteiger partial charge in [0, 0.05) is 6.07 Å². The summed E-state index contributed by atoms with van der Waals surface area (Å²) in [6.45, 7) is 0. The first-order valence-corrected chi connectivity index (χ1v) is 7.05. The van der Waals surface area contributed by atoms with Crippen LogP contribution in [0.15, 0.2) is 18.2 Å². The number of nitrogen functional groups attached to an aromatic ring is 1. The number of carboxylic acids is 1. The van der Waals surface area contributed by atoms with E-state index in [0.717, 1.165) is 4.63 Å². The highest BCUT2D eigenvalue weighted by Gasteiger charge is 2.19. The van der Waals surface area contributed by atoms with E-state index in [4.69, 9.17) is 22.1 Å². The van der Waals surface area contributed by atoms with Gasteiger partial charge in [-0.3, -0.25) is 4.79 Å². The molecule has 0 atom stereocenters. The lowest BCUT2D eigenvalue weighted by Crippen LogP contribution is -2.18. The fraction of sp³-hybridized carbons (Fsp3) is 0.0769. The summed E-state index contributed by atoms with van der Waals surface area (Å²) in [7, 11) is 1.36. The van der Waals surface area contributed by atoms with E-state index in [1.165, 1.54) is 25.3 Å². The molecule has 0 aliphatic rings. The summed E-state index contributed by atoms with van der Waals surface area (Å²) in [5.41, 5.74) is 5.75. The van der Waals surface area contributed by atoms with E-state index in [9.17, 15) is 14.7 Å². The number of hydrogen-bond acceptors (Lipinski definition) is 8. The number of anilines is 2. The summed E-state index contributed by atoms with van der Waals surface area (Å²) in [5.74, 6) is -1.79. The Labute approximate surface area is 144 Å². The summed E-state index contributed by atoms with van der Waals surface area (Å²) in [6.07, 6.45) is 0. The standard InChI is InChI=1S/C13H10ClN7O4/c1-25-10-4-8(5(13(23)24)2-6(10)14)16-12(22)9-3-7(15)11-17-19-20-21(11)18-9/h2-4H,15H2,1H3,(H,16,22)(H,23,24). The number of nitrogens with zero attached hydrogens (tertiary/aromatic N) is 5. The number of nitrogens with two attached hydrogens (primary N) is 1. The van der Waals surface area contributed by atoms with Gasteiger partial charge in [0.25, 0.3) is 5.91 Å². The van der Waals surface area contributed by atoms with E-state index in [0.29, 0.717) is 0 Å². The highest BCUT2D eigenvalue weighted by Crippen LogP contribution is 2.31. The van der Waals surface area contributed by atoms with Gasteiger partial charge in [0.15, 0.2) is 5.69 Å². The maximum Gasteiger partial charge on any atom is 0.337 e. The van der Waals surface area contributed by atoms with Crippen LogP contribution in [0.3, 0.4) is 0 Å². The van der Waals surface area contributed by atoms with Crippen molar-refractivity contribution in [1.29, 1.82) is 0 Å². The predicted octanol–water partition coefficient (Wildman–Crippen LogP) is 0.714. The number of hydrogen-bond donors (Lipinski definition) is 3. The number of halogens is 1. The van der Waals surface area contributed by atoms with E-state index in [2.05, 4.69) is 25.9 Å². The molecule has 4 N–H and O–H groups in total. The van der Waals surface area contributed by atoms with Crippen LogP contribution in [0.2, 0.25) is 5.02 Å². The summed E-state index contributed by atoms with van der Waals surface area (Å²) >= 11 is 5.92. The number of carbonyl (C=O) groups is 2. The Bertz CT molecular complexity index is 1000. The second-order valence-corrected chi connectivity index (χ2v) is 5.18. The second-order valence-electron chi connectivity index (χ2n) is 4.77. The minimum absolute atomic E-state index is 0.0177. The quantitative estimate of drug-likeness (QED) is 0.606. The number of nitrogens with one attached hydrogen (secondary N) is 1.